The molecule has 3 heteroatoms. The topological polar surface area (TPSA) is 18.5 Å². The minimum Gasteiger partial charge on any atom is -0.314 e. The Kier molecular flexibility index (Phi) is 5.05. The minimum absolute atomic E-state index is 0.386. The summed E-state index contributed by atoms with van der Waals surface area (Å²) in [6.07, 6.45) is 6.78. The first-order valence-electron chi connectivity index (χ1n) is 7.82. The zero-order valence-electron chi connectivity index (χ0n) is 12.5. The highest BCUT2D eigenvalue weighted by atomic mass is 15.2. The van der Waals surface area contributed by atoms with Crippen molar-refractivity contribution in [2.24, 2.45) is 0 Å². The van der Waals surface area contributed by atoms with Crippen LogP contribution in [0.4, 0.5) is 0 Å². The molecule has 2 saturated heterocycles. The van der Waals surface area contributed by atoms with Gasteiger partial charge in [-0.3, -0.25) is 0 Å². The number of piperidine rings is 1. The van der Waals surface area contributed by atoms with Crippen molar-refractivity contribution in [3.63, 3.8) is 0 Å². The lowest BCUT2D eigenvalue weighted by Gasteiger charge is -2.42. The summed E-state index contributed by atoms with van der Waals surface area (Å²) in [5, 5.41) is 3.50. The number of hydrogen-bond donors (Lipinski definition) is 1. The summed E-state index contributed by atoms with van der Waals surface area (Å²) in [6, 6.07) is 0.850. The Morgan fingerprint density at radius 3 is 2.44 bits per heavy atom. The Morgan fingerprint density at radius 2 is 1.83 bits per heavy atom. The lowest BCUT2D eigenvalue weighted by atomic mass is 9.88. The zero-order valence-corrected chi connectivity index (χ0v) is 12.5. The Bertz CT molecular complexity index is 246. The molecule has 0 saturated carbocycles. The van der Waals surface area contributed by atoms with E-state index in [0.29, 0.717) is 5.54 Å². The molecular weight excluding hydrogens is 222 g/mol. The van der Waals surface area contributed by atoms with Crippen LogP contribution in [0.5, 0.6) is 0 Å². The summed E-state index contributed by atoms with van der Waals surface area (Å²) >= 11 is 0. The second kappa shape index (κ2) is 6.36. The van der Waals surface area contributed by atoms with Crippen LogP contribution in [0.3, 0.4) is 0 Å². The Morgan fingerprint density at radius 1 is 1.11 bits per heavy atom. The number of likely N-dealkylation sites (tertiary alicyclic amines) is 2. The van der Waals surface area contributed by atoms with Crippen molar-refractivity contribution in [2.45, 2.75) is 57.5 Å². The maximum absolute atomic E-state index is 3.50. The van der Waals surface area contributed by atoms with Crippen molar-refractivity contribution in [3.05, 3.63) is 0 Å². The van der Waals surface area contributed by atoms with E-state index in [4.69, 9.17) is 0 Å². The van der Waals surface area contributed by atoms with Crippen molar-refractivity contribution in [1.82, 2.24) is 15.1 Å². The molecule has 0 aliphatic carbocycles. The number of rotatable bonds is 3. The van der Waals surface area contributed by atoms with Crippen molar-refractivity contribution in [1.29, 1.82) is 0 Å². The molecule has 106 valence electrons. The van der Waals surface area contributed by atoms with Gasteiger partial charge in [0.15, 0.2) is 0 Å². The van der Waals surface area contributed by atoms with E-state index < -0.39 is 0 Å². The third kappa shape index (κ3) is 3.46. The van der Waals surface area contributed by atoms with Gasteiger partial charge >= 0.3 is 0 Å². The minimum atomic E-state index is 0.386. The molecule has 0 aromatic heterocycles. The van der Waals surface area contributed by atoms with Crippen LogP contribution in [0.1, 0.15) is 46.0 Å². The summed E-state index contributed by atoms with van der Waals surface area (Å²) in [7, 11) is 2.11. The normalized spacial score (nSPS) is 31.2. The van der Waals surface area contributed by atoms with Crippen LogP contribution in [-0.4, -0.2) is 61.2 Å². The van der Waals surface area contributed by atoms with E-state index in [9.17, 15) is 0 Å². The van der Waals surface area contributed by atoms with E-state index in [-0.39, 0.29) is 0 Å². The highest BCUT2D eigenvalue weighted by molar-refractivity contribution is 4.90. The standard InChI is InChI=1S/C15H31N3/c1-4-17-10-5-6-14(7-11-17)18-12-8-15(2,16-3)9-13-18/h14,16H,4-13H2,1-3H3. The van der Waals surface area contributed by atoms with E-state index in [1.165, 1.54) is 64.8 Å². The predicted octanol–water partition coefficient (Wildman–Crippen LogP) is 1.93. The van der Waals surface area contributed by atoms with Gasteiger partial charge in [0.25, 0.3) is 0 Å². The van der Waals surface area contributed by atoms with Gasteiger partial charge in [-0.05, 0) is 65.7 Å². The van der Waals surface area contributed by atoms with Gasteiger partial charge in [-0.2, -0.15) is 0 Å². The highest BCUT2D eigenvalue weighted by Crippen LogP contribution is 2.26. The number of hydrogen-bond acceptors (Lipinski definition) is 3. The maximum Gasteiger partial charge on any atom is 0.0174 e. The number of nitrogens with one attached hydrogen (secondary N) is 1. The molecule has 3 nitrogen and oxygen atoms in total. The molecule has 1 unspecified atom stereocenters. The van der Waals surface area contributed by atoms with Crippen LogP contribution in [0.15, 0.2) is 0 Å². The smallest absolute Gasteiger partial charge is 0.0174 e. The fourth-order valence-corrected chi connectivity index (χ4v) is 3.45. The molecule has 0 radical (unpaired) electrons. The first-order valence-corrected chi connectivity index (χ1v) is 7.82. The second-order valence-corrected chi connectivity index (χ2v) is 6.37. The summed E-state index contributed by atoms with van der Waals surface area (Å²) < 4.78 is 0. The van der Waals surface area contributed by atoms with E-state index in [2.05, 4.69) is 36.0 Å². The fraction of sp³-hybridized carbons (Fsp3) is 1.00. The van der Waals surface area contributed by atoms with Crippen molar-refractivity contribution in [2.75, 3.05) is 39.8 Å². The van der Waals surface area contributed by atoms with Gasteiger partial charge in [0.1, 0.15) is 0 Å². The van der Waals surface area contributed by atoms with Crippen LogP contribution >= 0.6 is 0 Å². The van der Waals surface area contributed by atoms with Gasteiger partial charge in [-0.1, -0.05) is 6.92 Å². The molecule has 2 aliphatic rings. The predicted molar refractivity (Wildman–Crippen MR) is 78.0 cm³/mol. The van der Waals surface area contributed by atoms with Gasteiger partial charge in [-0.15, -0.1) is 0 Å². The molecule has 0 aromatic rings. The van der Waals surface area contributed by atoms with E-state index in [0.717, 1.165) is 6.04 Å². The quantitative estimate of drug-likeness (QED) is 0.829. The lowest BCUT2D eigenvalue weighted by molar-refractivity contribution is 0.101. The SMILES string of the molecule is CCN1CCCC(N2CCC(C)(NC)CC2)CC1. The van der Waals surface area contributed by atoms with Crippen molar-refractivity contribution < 1.29 is 0 Å². The second-order valence-electron chi connectivity index (χ2n) is 6.37. The molecule has 1 atom stereocenters. The average molecular weight is 253 g/mol. The first kappa shape index (κ1) is 14.3. The van der Waals surface area contributed by atoms with Gasteiger partial charge in [-0.25, -0.2) is 0 Å². The summed E-state index contributed by atoms with van der Waals surface area (Å²) in [6.45, 7) is 11.1. The molecule has 0 spiro atoms. The average Bonchev–Trinajstić information content (AvgIpc) is 2.65. The van der Waals surface area contributed by atoms with Crippen LogP contribution in [0.25, 0.3) is 0 Å². The van der Waals surface area contributed by atoms with E-state index >= 15 is 0 Å². The lowest BCUT2D eigenvalue weighted by Crippen LogP contribution is -2.52. The fourth-order valence-electron chi connectivity index (χ4n) is 3.45. The first-order chi connectivity index (χ1) is 8.67. The molecule has 0 aromatic carbocycles. The van der Waals surface area contributed by atoms with Gasteiger partial charge < -0.3 is 15.1 Å². The Labute approximate surface area is 113 Å². The zero-order chi connectivity index (χ0) is 13.0. The largest absolute Gasteiger partial charge is 0.314 e. The molecule has 2 aliphatic heterocycles. The Balaban J connectivity index is 1.82. The molecule has 2 fully saturated rings. The molecular formula is C15H31N3. The van der Waals surface area contributed by atoms with Crippen LogP contribution in [0.2, 0.25) is 0 Å². The molecule has 18 heavy (non-hydrogen) atoms. The van der Waals surface area contributed by atoms with E-state index in [1.54, 1.807) is 0 Å². The summed E-state index contributed by atoms with van der Waals surface area (Å²) in [5.74, 6) is 0. The maximum atomic E-state index is 3.50. The third-order valence-electron chi connectivity index (χ3n) is 5.26. The van der Waals surface area contributed by atoms with Gasteiger partial charge in [0.05, 0.1) is 0 Å². The van der Waals surface area contributed by atoms with E-state index in [1.807, 2.05) is 0 Å². The molecule has 2 rings (SSSR count). The van der Waals surface area contributed by atoms with Crippen molar-refractivity contribution in [3.8, 4) is 0 Å². The Hall–Kier alpha value is -0.120. The van der Waals surface area contributed by atoms with Crippen LogP contribution < -0.4 is 5.32 Å². The van der Waals surface area contributed by atoms with Crippen LogP contribution in [0, 0.1) is 0 Å². The van der Waals surface area contributed by atoms with Gasteiger partial charge in [0, 0.05) is 24.7 Å². The molecule has 0 bridgehead atoms. The molecule has 1 N–H and O–H groups in total. The monoisotopic (exact) mass is 253 g/mol. The third-order valence-corrected chi connectivity index (χ3v) is 5.26. The number of nitrogens with zero attached hydrogens (tertiary/aromatic N) is 2. The van der Waals surface area contributed by atoms with Crippen LogP contribution in [-0.2, 0) is 0 Å². The van der Waals surface area contributed by atoms with Gasteiger partial charge in [0.2, 0.25) is 0 Å². The highest BCUT2D eigenvalue weighted by Gasteiger charge is 2.31. The summed E-state index contributed by atoms with van der Waals surface area (Å²) in [5.41, 5.74) is 0.386. The molecule has 2 heterocycles. The summed E-state index contributed by atoms with van der Waals surface area (Å²) in [4.78, 5) is 5.37. The van der Waals surface area contributed by atoms with Crippen molar-refractivity contribution >= 4 is 0 Å². The molecule has 0 amide bonds.